The topological polar surface area (TPSA) is 108 Å². The van der Waals surface area contributed by atoms with E-state index in [-0.39, 0.29) is 35.0 Å². The van der Waals surface area contributed by atoms with Crippen LogP contribution in [0.5, 0.6) is 5.75 Å². The molecule has 1 aromatic rings. The van der Waals surface area contributed by atoms with E-state index in [4.69, 9.17) is 21.1 Å². The van der Waals surface area contributed by atoms with E-state index in [0.29, 0.717) is 19.5 Å². The summed E-state index contributed by atoms with van der Waals surface area (Å²) in [6.45, 7) is 6.53. The predicted molar refractivity (Wildman–Crippen MR) is 109 cm³/mol. The van der Waals surface area contributed by atoms with Gasteiger partial charge in [-0.05, 0) is 26.8 Å². The van der Waals surface area contributed by atoms with Gasteiger partial charge in [-0.2, -0.15) is 0 Å². The zero-order chi connectivity index (χ0) is 22.5. The van der Waals surface area contributed by atoms with Crippen LogP contribution in [-0.4, -0.2) is 54.3 Å². The van der Waals surface area contributed by atoms with Crippen LogP contribution in [0.4, 0.5) is 10.5 Å². The number of carbonyl (C=O) groups excluding carboxylic acids is 2. The summed E-state index contributed by atoms with van der Waals surface area (Å²) in [6.07, 6.45) is 0.232. The van der Waals surface area contributed by atoms with Crippen molar-refractivity contribution >= 4 is 29.4 Å². The van der Waals surface area contributed by atoms with Crippen LogP contribution in [0.2, 0.25) is 5.02 Å². The van der Waals surface area contributed by atoms with Crippen molar-refractivity contribution in [3.05, 3.63) is 32.8 Å². The lowest BCUT2D eigenvalue weighted by molar-refractivity contribution is -0.384. The Morgan fingerprint density at radius 2 is 1.97 bits per heavy atom. The molecule has 1 aromatic carbocycles. The Balaban J connectivity index is 1.88. The second kappa shape index (κ2) is 9.67. The summed E-state index contributed by atoms with van der Waals surface area (Å²) in [5, 5.41) is 10.9. The molecule has 0 spiro atoms. The maximum absolute atomic E-state index is 11.9. The molecule has 10 heteroatoms. The first kappa shape index (κ1) is 23.3. The number of amides is 1. The van der Waals surface area contributed by atoms with Gasteiger partial charge in [0.2, 0.25) is 0 Å². The molecule has 0 bridgehead atoms. The monoisotopic (exact) mass is 438 g/mol. The Labute approximate surface area is 179 Å². The fourth-order valence-electron chi connectivity index (χ4n) is 2.61. The number of ether oxygens (including phenoxy) is 3. The summed E-state index contributed by atoms with van der Waals surface area (Å²) < 4.78 is 15.3. The van der Waals surface area contributed by atoms with Gasteiger partial charge < -0.3 is 19.1 Å². The molecule has 0 unspecified atom stereocenters. The Morgan fingerprint density at radius 1 is 1.30 bits per heavy atom. The molecule has 0 saturated carbocycles. The van der Waals surface area contributed by atoms with Gasteiger partial charge in [0, 0.05) is 31.5 Å². The molecule has 0 radical (unpaired) electrons. The third-order valence-corrected chi connectivity index (χ3v) is 4.44. The molecule has 30 heavy (non-hydrogen) atoms. The van der Waals surface area contributed by atoms with Crippen LogP contribution in [0.15, 0.2) is 12.1 Å². The number of benzene rings is 1. The van der Waals surface area contributed by atoms with Gasteiger partial charge >= 0.3 is 12.1 Å². The summed E-state index contributed by atoms with van der Waals surface area (Å²) in [7, 11) is 1.17. The van der Waals surface area contributed by atoms with Crippen LogP contribution in [-0.2, 0) is 9.47 Å². The van der Waals surface area contributed by atoms with Gasteiger partial charge in [0.1, 0.15) is 18.0 Å². The second-order valence-electron chi connectivity index (χ2n) is 7.65. The van der Waals surface area contributed by atoms with Crippen LogP contribution < -0.4 is 4.74 Å². The number of hydrogen-bond donors (Lipinski definition) is 0. The maximum atomic E-state index is 11.9. The number of rotatable bonds is 5. The SMILES string of the molecule is COC(=O)c1cc(OCC#CCC2CN(C(=O)OC(C)(C)C)C2)c(Cl)c([N+](=O)[O-])c1. The minimum atomic E-state index is -0.745. The third-order valence-electron chi connectivity index (χ3n) is 4.06. The largest absolute Gasteiger partial charge is 0.479 e. The summed E-state index contributed by atoms with van der Waals surface area (Å²) in [5.41, 5.74) is -1.03. The van der Waals surface area contributed by atoms with Gasteiger partial charge in [-0.3, -0.25) is 10.1 Å². The average Bonchev–Trinajstić information content (AvgIpc) is 2.61. The summed E-state index contributed by atoms with van der Waals surface area (Å²) >= 11 is 5.99. The van der Waals surface area contributed by atoms with Crippen molar-refractivity contribution in [2.24, 2.45) is 5.92 Å². The number of likely N-dealkylation sites (tertiary alicyclic amines) is 1. The minimum Gasteiger partial charge on any atom is -0.479 e. The molecule has 1 aliphatic heterocycles. The van der Waals surface area contributed by atoms with E-state index in [1.807, 2.05) is 20.8 Å². The zero-order valence-corrected chi connectivity index (χ0v) is 17.9. The van der Waals surface area contributed by atoms with Crippen LogP contribution in [0.1, 0.15) is 37.6 Å². The molecule has 0 aromatic heterocycles. The number of nitro groups is 1. The van der Waals surface area contributed by atoms with E-state index >= 15 is 0 Å². The predicted octanol–water partition coefficient (Wildman–Crippen LogP) is 3.67. The van der Waals surface area contributed by atoms with E-state index < -0.39 is 22.2 Å². The molecule has 1 fully saturated rings. The minimum absolute atomic E-state index is 0.0275. The molecule has 162 valence electrons. The lowest BCUT2D eigenvalue weighted by atomic mass is 9.97. The lowest BCUT2D eigenvalue weighted by Gasteiger charge is -2.39. The highest BCUT2D eigenvalue weighted by atomic mass is 35.5. The summed E-state index contributed by atoms with van der Waals surface area (Å²) in [5.74, 6) is 5.23. The summed E-state index contributed by atoms with van der Waals surface area (Å²) in [4.78, 5) is 35.6. The first-order valence-corrected chi connectivity index (χ1v) is 9.52. The highest BCUT2D eigenvalue weighted by Gasteiger charge is 2.33. The standard InChI is InChI=1S/C20H23ClN2O7/c1-20(2,3)30-19(25)22-11-13(12-22)7-5-6-8-29-16-10-14(18(24)28-4)9-15(17(16)21)23(26)27/h9-10,13H,7-8,11-12H2,1-4H3. The van der Waals surface area contributed by atoms with Crippen molar-refractivity contribution in [1.82, 2.24) is 4.90 Å². The van der Waals surface area contributed by atoms with Crippen molar-refractivity contribution in [3.63, 3.8) is 0 Å². The van der Waals surface area contributed by atoms with Crippen molar-refractivity contribution in [2.75, 3.05) is 26.8 Å². The third kappa shape index (κ3) is 6.26. The number of carbonyl (C=O) groups is 2. The molecule has 0 aliphatic carbocycles. The van der Waals surface area contributed by atoms with Crippen molar-refractivity contribution < 1.29 is 28.7 Å². The molecule has 1 heterocycles. The number of esters is 1. The quantitative estimate of drug-likeness (QED) is 0.298. The van der Waals surface area contributed by atoms with Crippen LogP contribution in [0, 0.1) is 27.9 Å². The van der Waals surface area contributed by atoms with E-state index in [1.165, 1.54) is 13.2 Å². The smallest absolute Gasteiger partial charge is 0.410 e. The lowest BCUT2D eigenvalue weighted by Crippen LogP contribution is -2.51. The van der Waals surface area contributed by atoms with Gasteiger partial charge in [-0.1, -0.05) is 23.4 Å². The molecule has 1 saturated heterocycles. The molecule has 1 amide bonds. The fraction of sp³-hybridized carbons (Fsp3) is 0.500. The Bertz CT molecular complexity index is 893. The number of hydrogen-bond acceptors (Lipinski definition) is 7. The number of nitro benzene ring substituents is 1. The van der Waals surface area contributed by atoms with Crippen molar-refractivity contribution in [3.8, 4) is 17.6 Å². The van der Waals surface area contributed by atoms with Crippen molar-refractivity contribution in [1.29, 1.82) is 0 Å². The molecular weight excluding hydrogens is 416 g/mol. The van der Waals surface area contributed by atoms with E-state index in [2.05, 4.69) is 16.6 Å². The van der Waals surface area contributed by atoms with E-state index in [9.17, 15) is 19.7 Å². The number of halogens is 1. The van der Waals surface area contributed by atoms with Crippen LogP contribution in [0.25, 0.3) is 0 Å². The molecule has 1 aliphatic rings. The first-order valence-electron chi connectivity index (χ1n) is 9.14. The van der Waals surface area contributed by atoms with Gasteiger partial charge in [0.05, 0.1) is 17.6 Å². The Morgan fingerprint density at radius 3 is 2.53 bits per heavy atom. The van der Waals surface area contributed by atoms with E-state index in [0.717, 1.165) is 6.07 Å². The highest BCUT2D eigenvalue weighted by molar-refractivity contribution is 6.34. The molecule has 0 atom stereocenters. The van der Waals surface area contributed by atoms with Crippen molar-refractivity contribution in [2.45, 2.75) is 32.8 Å². The van der Waals surface area contributed by atoms with Gasteiger partial charge in [0.25, 0.3) is 5.69 Å². The fourth-order valence-corrected chi connectivity index (χ4v) is 2.85. The first-order chi connectivity index (χ1) is 14.0. The van der Waals surface area contributed by atoms with Gasteiger partial charge in [-0.25, -0.2) is 9.59 Å². The Hall–Kier alpha value is -2.99. The molecule has 2 rings (SSSR count). The van der Waals surface area contributed by atoms with Crippen LogP contribution >= 0.6 is 11.6 Å². The molecule has 9 nitrogen and oxygen atoms in total. The highest BCUT2D eigenvalue weighted by Crippen LogP contribution is 2.35. The van der Waals surface area contributed by atoms with E-state index in [1.54, 1.807) is 4.90 Å². The summed E-state index contributed by atoms with van der Waals surface area (Å²) in [6, 6.07) is 2.30. The molecular formula is C20H23ClN2O7. The molecule has 0 N–H and O–H groups in total. The zero-order valence-electron chi connectivity index (χ0n) is 17.2. The Kier molecular flexibility index (Phi) is 7.51. The van der Waals surface area contributed by atoms with Gasteiger partial charge in [-0.15, -0.1) is 0 Å². The normalized spacial score (nSPS) is 13.6. The number of nitrogens with zero attached hydrogens (tertiary/aromatic N) is 2. The van der Waals surface area contributed by atoms with Crippen LogP contribution in [0.3, 0.4) is 0 Å². The maximum Gasteiger partial charge on any atom is 0.410 e. The number of methoxy groups -OCH3 is 1. The second-order valence-corrected chi connectivity index (χ2v) is 8.03. The van der Waals surface area contributed by atoms with Gasteiger partial charge in [0.15, 0.2) is 5.02 Å². The average molecular weight is 439 g/mol.